The zero-order valence-electron chi connectivity index (χ0n) is 25.5. The highest BCUT2D eigenvalue weighted by Gasteiger charge is 2.43. The Balaban J connectivity index is 1.53. The molecule has 4 rings (SSSR count). The van der Waals surface area contributed by atoms with Gasteiger partial charge in [0.2, 0.25) is 11.7 Å². The lowest BCUT2D eigenvalue weighted by atomic mass is 9.99. The molecule has 10 nitrogen and oxygen atoms in total. The van der Waals surface area contributed by atoms with Crippen molar-refractivity contribution in [2.45, 2.75) is 75.1 Å². The van der Waals surface area contributed by atoms with E-state index in [1.807, 2.05) is 6.92 Å². The maximum absolute atomic E-state index is 14.4. The van der Waals surface area contributed by atoms with Crippen molar-refractivity contribution in [3.63, 3.8) is 0 Å². The van der Waals surface area contributed by atoms with E-state index in [0.717, 1.165) is 6.26 Å². The predicted octanol–water partition coefficient (Wildman–Crippen LogP) is 6.32. The van der Waals surface area contributed by atoms with Crippen molar-refractivity contribution >= 4 is 21.5 Å². The molecule has 14 heteroatoms. The lowest BCUT2D eigenvalue weighted by Gasteiger charge is -2.28. The fourth-order valence-corrected chi connectivity index (χ4v) is 5.47. The molecule has 2 N–H and O–H groups in total. The Labute approximate surface area is 264 Å². The van der Waals surface area contributed by atoms with E-state index in [-0.39, 0.29) is 40.8 Å². The number of carbonyl (C=O) groups excluding carboxylic acids is 2. The number of Topliss-reactive ketones (excluding diaryl/α,β-unsaturated/α-hetero) is 1. The summed E-state index contributed by atoms with van der Waals surface area (Å²) in [6, 6.07) is 10.3. The van der Waals surface area contributed by atoms with E-state index in [9.17, 15) is 31.2 Å². The molecule has 2 aromatic heterocycles. The minimum absolute atomic E-state index is 0.0237. The number of unbranched alkanes of at least 4 members (excludes halogenated alkanes) is 1. The Kier molecular flexibility index (Phi) is 11.2. The molecule has 0 spiro atoms. The highest BCUT2D eigenvalue weighted by atomic mass is 32.2. The number of carbonyl (C=O) groups is 2. The number of nitrogens with one attached hydrogen (secondary N) is 2. The smallest absolute Gasteiger partial charge is 0.407 e. The van der Waals surface area contributed by atoms with Crippen LogP contribution < -0.4 is 10.6 Å². The number of aromatic nitrogens is 2. The number of halogens is 3. The molecule has 2 aromatic carbocycles. The Morgan fingerprint density at radius 1 is 0.891 bits per heavy atom. The van der Waals surface area contributed by atoms with Gasteiger partial charge in [-0.2, -0.15) is 13.2 Å². The van der Waals surface area contributed by atoms with Crippen molar-refractivity contribution in [2.75, 3.05) is 6.26 Å². The minimum atomic E-state index is -4.76. The lowest BCUT2D eigenvalue weighted by Crippen LogP contribution is -2.52. The number of hydrogen-bond acceptors (Lipinski definition) is 9. The van der Waals surface area contributed by atoms with Crippen molar-refractivity contribution in [3.05, 3.63) is 78.4 Å². The number of sulfone groups is 1. The summed E-state index contributed by atoms with van der Waals surface area (Å²) in [6.07, 6.45) is -0.342. The van der Waals surface area contributed by atoms with Crippen LogP contribution in [0.15, 0.2) is 80.7 Å². The van der Waals surface area contributed by atoms with Gasteiger partial charge in [-0.05, 0) is 53.8 Å². The van der Waals surface area contributed by atoms with E-state index in [4.69, 9.17) is 8.83 Å². The summed E-state index contributed by atoms with van der Waals surface area (Å²) >= 11 is 0. The van der Waals surface area contributed by atoms with Gasteiger partial charge < -0.3 is 14.2 Å². The first-order chi connectivity index (χ1) is 21.8. The molecule has 0 fully saturated rings. The second-order valence-electron chi connectivity index (χ2n) is 10.9. The molecule has 0 aliphatic carbocycles. The molecule has 1 amide bonds. The monoisotopic (exact) mass is 660 g/mol. The largest absolute Gasteiger partial charge is 0.459 e. The average molecular weight is 661 g/mol. The second-order valence-corrected chi connectivity index (χ2v) is 12.9. The van der Waals surface area contributed by atoms with E-state index in [1.54, 1.807) is 31.2 Å². The zero-order chi connectivity index (χ0) is 33.5. The lowest BCUT2D eigenvalue weighted by molar-refractivity contribution is -0.161. The number of benzene rings is 2. The third kappa shape index (κ3) is 8.69. The van der Waals surface area contributed by atoms with Crippen LogP contribution in [-0.4, -0.2) is 54.8 Å². The molecule has 46 heavy (non-hydrogen) atoms. The molecule has 0 radical (unpaired) electrons. The van der Waals surface area contributed by atoms with Gasteiger partial charge in [0.05, 0.1) is 23.2 Å². The van der Waals surface area contributed by atoms with Crippen LogP contribution in [-0.2, 0) is 14.6 Å². The van der Waals surface area contributed by atoms with E-state index in [1.165, 1.54) is 42.7 Å². The van der Waals surface area contributed by atoms with Gasteiger partial charge >= 0.3 is 6.18 Å². The van der Waals surface area contributed by atoms with Gasteiger partial charge in [0.25, 0.3) is 11.8 Å². The molecule has 0 unspecified atom stereocenters. The number of alkyl halides is 3. The topological polar surface area (TPSA) is 144 Å². The second kappa shape index (κ2) is 14.9. The van der Waals surface area contributed by atoms with Crippen LogP contribution in [0.4, 0.5) is 13.2 Å². The molecule has 3 atom stereocenters. The van der Waals surface area contributed by atoms with Gasteiger partial charge in [-0.25, -0.2) is 8.42 Å². The maximum Gasteiger partial charge on any atom is 0.407 e. The van der Waals surface area contributed by atoms with Gasteiger partial charge in [0.15, 0.2) is 15.6 Å². The quantitative estimate of drug-likeness (QED) is 0.140. The van der Waals surface area contributed by atoms with E-state index < -0.39 is 45.8 Å². The fraction of sp³-hybridized carbons (Fsp3) is 0.375. The Morgan fingerprint density at radius 3 is 2.09 bits per heavy atom. The molecule has 246 valence electrons. The van der Waals surface area contributed by atoms with Gasteiger partial charge in [0.1, 0.15) is 6.04 Å². The summed E-state index contributed by atoms with van der Waals surface area (Å²) in [5.74, 6) is -1.55. The van der Waals surface area contributed by atoms with Crippen LogP contribution in [0.2, 0.25) is 0 Å². The summed E-state index contributed by atoms with van der Waals surface area (Å²) in [5, 5.41) is 12.7. The SMILES string of the molecule is CCCC[C@H](NC(=O)[C@H](CCC)N[C@@H](c1ccc(-c2ccc(S(C)(=O)=O)cc2)cc1)C(F)(F)F)C(=O)c1nnc(-c2ccco2)o1. The van der Waals surface area contributed by atoms with Crippen molar-refractivity contribution in [2.24, 2.45) is 0 Å². The van der Waals surface area contributed by atoms with Crippen LogP contribution in [0.3, 0.4) is 0 Å². The Morgan fingerprint density at radius 2 is 1.54 bits per heavy atom. The number of ketones is 1. The molecule has 0 bridgehead atoms. The number of hydrogen-bond donors (Lipinski definition) is 2. The minimum Gasteiger partial charge on any atom is -0.459 e. The molecule has 0 saturated carbocycles. The zero-order valence-corrected chi connectivity index (χ0v) is 26.3. The third-order valence-corrected chi connectivity index (χ3v) is 8.42. The molecule has 2 heterocycles. The summed E-state index contributed by atoms with van der Waals surface area (Å²) in [5.41, 5.74) is 1.09. The standard InChI is InChI=1S/C32H35F3N4O6S/c1-4-6-9-24(27(40)31-39-38-30(45-31)26-10-7-19-44-26)37-29(41)25(8-5-2)36-28(32(33,34)35)22-13-11-20(12-14-22)21-15-17-23(18-16-21)46(3,42)43/h7,10-19,24-25,28,36H,4-6,8-9H2,1-3H3,(H,37,41)/t24-,25-,28-/m0/s1. The first kappa shape index (κ1) is 34.6. The Bertz CT molecular complexity index is 1700. The molecular weight excluding hydrogens is 625 g/mol. The van der Waals surface area contributed by atoms with Crippen LogP contribution in [0, 0.1) is 0 Å². The summed E-state index contributed by atoms with van der Waals surface area (Å²) < 4.78 is 77.4. The normalized spacial score (nSPS) is 14.0. The number of amides is 1. The highest BCUT2D eigenvalue weighted by molar-refractivity contribution is 7.90. The molecule has 0 aliphatic heterocycles. The third-order valence-electron chi connectivity index (χ3n) is 7.30. The van der Waals surface area contributed by atoms with Crippen molar-refractivity contribution in [3.8, 4) is 22.8 Å². The van der Waals surface area contributed by atoms with Crippen molar-refractivity contribution in [1.82, 2.24) is 20.8 Å². The molecule has 4 aromatic rings. The first-order valence-corrected chi connectivity index (χ1v) is 16.7. The van der Waals surface area contributed by atoms with Gasteiger partial charge in [-0.1, -0.05) is 69.5 Å². The summed E-state index contributed by atoms with van der Waals surface area (Å²) in [4.78, 5) is 26.9. The number of nitrogens with zero attached hydrogens (tertiary/aromatic N) is 2. The average Bonchev–Trinajstić information content (AvgIpc) is 3.73. The van der Waals surface area contributed by atoms with Gasteiger partial charge in [-0.3, -0.25) is 14.9 Å². The van der Waals surface area contributed by atoms with Crippen LogP contribution in [0.5, 0.6) is 0 Å². The van der Waals surface area contributed by atoms with Gasteiger partial charge in [-0.15, -0.1) is 10.2 Å². The van der Waals surface area contributed by atoms with Crippen LogP contribution in [0.25, 0.3) is 22.8 Å². The molecule has 0 aliphatic rings. The van der Waals surface area contributed by atoms with Crippen LogP contribution >= 0.6 is 0 Å². The maximum atomic E-state index is 14.4. The van der Waals surface area contributed by atoms with E-state index >= 15 is 0 Å². The van der Waals surface area contributed by atoms with Crippen molar-refractivity contribution < 1.29 is 40.0 Å². The highest BCUT2D eigenvalue weighted by Crippen LogP contribution is 2.35. The van der Waals surface area contributed by atoms with E-state index in [2.05, 4.69) is 20.8 Å². The Hall–Kier alpha value is -4.30. The number of rotatable bonds is 15. The van der Waals surface area contributed by atoms with Crippen LogP contribution in [0.1, 0.15) is 68.2 Å². The van der Waals surface area contributed by atoms with Crippen molar-refractivity contribution in [1.29, 1.82) is 0 Å². The van der Waals surface area contributed by atoms with E-state index in [0.29, 0.717) is 30.4 Å². The first-order valence-electron chi connectivity index (χ1n) is 14.8. The molecule has 0 saturated heterocycles. The van der Waals surface area contributed by atoms with Gasteiger partial charge in [0, 0.05) is 6.26 Å². The predicted molar refractivity (Wildman–Crippen MR) is 163 cm³/mol. The summed E-state index contributed by atoms with van der Waals surface area (Å²) in [6.45, 7) is 3.64. The molecular formula is C32H35F3N4O6S. The fourth-order valence-electron chi connectivity index (χ4n) is 4.84. The summed E-state index contributed by atoms with van der Waals surface area (Å²) in [7, 11) is -3.40. The number of furan rings is 1.